The lowest BCUT2D eigenvalue weighted by molar-refractivity contribution is 0.0662. The van der Waals surface area contributed by atoms with Gasteiger partial charge in [-0.2, -0.15) is 0 Å². The molecule has 0 aliphatic carbocycles. The molecular weight excluding hydrogens is 421 g/mol. The van der Waals surface area contributed by atoms with E-state index in [4.69, 9.17) is 4.42 Å². The SMILES string of the molecule is Cc1cc2oc3c(c(=O)c2cc1C)C(c1ccc(F)cc1)N(C1CCS(=O)(=O)C1)C3=O. The van der Waals surface area contributed by atoms with Gasteiger partial charge in [0.25, 0.3) is 5.91 Å². The number of benzene rings is 2. The van der Waals surface area contributed by atoms with Gasteiger partial charge in [0.2, 0.25) is 5.76 Å². The number of aryl methyl sites for hydroxylation is 2. The van der Waals surface area contributed by atoms with E-state index in [-0.39, 0.29) is 34.7 Å². The molecule has 1 fully saturated rings. The maximum Gasteiger partial charge on any atom is 0.291 e. The molecule has 0 N–H and O–H groups in total. The first-order chi connectivity index (χ1) is 14.7. The van der Waals surface area contributed by atoms with Crippen LogP contribution in [0.5, 0.6) is 0 Å². The second-order valence-electron chi connectivity index (χ2n) is 8.33. The molecule has 0 saturated carbocycles. The summed E-state index contributed by atoms with van der Waals surface area (Å²) < 4.78 is 43.8. The number of fused-ring (bicyclic) bond motifs is 2. The fourth-order valence-electron chi connectivity index (χ4n) is 4.59. The van der Waals surface area contributed by atoms with Gasteiger partial charge in [0.1, 0.15) is 11.4 Å². The Kier molecular flexibility index (Phi) is 4.34. The van der Waals surface area contributed by atoms with Gasteiger partial charge in [0, 0.05) is 6.04 Å². The molecular formula is C23H20FNO5S. The van der Waals surface area contributed by atoms with E-state index >= 15 is 0 Å². The molecule has 2 unspecified atom stereocenters. The molecule has 3 aromatic rings. The van der Waals surface area contributed by atoms with E-state index in [0.29, 0.717) is 16.5 Å². The number of nitrogens with zero attached hydrogens (tertiary/aromatic N) is 1. The molecule has 31 heavy (non-hydrogen) atoms. The second kappa shape index (κ2) is 6.75. The molecule has 1 saturated heterocycles. The highest BCUT2D eigenvalue weighted by molar-refractivity contribution is 7.91. The lowest BCUT2D eigenvalue weighted by atomic mass is 9.96. The van der Waals surface area contributed by atoms with Crippen molar-refractivity contribution in [2.24, 2.45) is 0 Å². The van der Waals surface area contributed by atoms with Crippen molar-refractivity contribution in [1.82, 2.24) is 4.90 Å². The highest BCUT2D eigenvalue weighted by Gasteiger charge is 2.48. The summed E-state index contributed by atoms with van der Waals surface area (Å²) in [5, 5.41) is 0.364. The van der Waals surface area contributed by atoms with Crippen LogP contribution in [0.3, 0.4) is 0 Å². The number of sulfone groups is 1. The Morgan fingerprint density at radius 2 is 1.74 bits per heavy atom. The van der Waals surface area contributed by atoms with Crippen LogP contribution in [0.15, 0.2) is 45.6 Å². The molecule has 0 radical (unpaired) electrons. The summed E-state index contributed by atoms with van der Waals surface area (Å²) in [4.78, 5) is 28.4. The number of carbonyl (C=O) groups excluding carboxylic acids is 1. The average molecular weight is 441 g/mol. The maximum absolute atomic E-state index is 13.6. The highest BCUT2D eigenvalue weighted by atomic mass is 32.2. The Morgan fingerprint density at radius 1 is 1.06 bits per heavy atom. The van der Waals surface area contributed by atoms with Crippen molar-refractivity contribution < 1.29 is 22.0 Å². The maximum atomic E-state index is 13.6. The van der Waals surface area contributed by atoms with Crippen molar-refractivity contribution in [3.05, 3.63) is 80.5 Å². The van der Waals surface area contributed by atoms with Gasteiger partial charge in [-0.25, -0.2) is 12.8 Å². The average Bonchev–Trinajstić information content (AvgIpc) is 3.21. The Hall–Kier alpha value is -3.00. The lowest BCUT2D eigenvalue weighted by Crippen LogP contribution is -2.40. The fraction of sp³-hybridized carbons (Fsp3) is 0.304. The largest absolute Gasteiger partial charge is 0.450 e. The third-order valence-corrected chi connectivity index (χ3v) is 8.06. The molecule has 8 heteroatoms. The van der Waals surface area contributed by atoms with E-state index in [9.17, 15) is 22.4 Å². The van der Waals surface area contributed by atoms with E-state index in [1.807, 2.05) is 13.8 Å². The van der Waals surface area contributed by atoms with Crippen molar-refractivity contribution >= 4 is 26.7 Å². The minimum absolute atomic E-state index is 0.0182. The molecule has 2 aromatic carbocycles. The van der Waals surface area contributed by atoms with E-state index in [0.717, 1.165) is 11.1 Å². The summed E-state index contributed by atoms with van der Waals surface area (Å²) in [5.41, 5.74) is 2.55. The predicted molar refractivity (Wildman–Crippen MR) is 113 cm³/mol. The van der Waals surface area contributed by atoms with E-state index < -0.39 is 33.6 Å². The van der Waals surface area contributed by atoms with Crippen LogP contribution in [0.1, 0.15) is 45.3 Å². The summed E-state index contributed by atoms with van der Waals surface area (Å²) >= 11 is 0. The van der Waals surface area contributed by atoms with Crippen molar-refractivity contribution in [3.63, 3.8) is 0 Å². The Labute approximate surface area is 178 Å². The molecule has 3 heterocycles. The Morgan fingerprint density at radius 3 is 2.39 bits per heavy atom. The molecule has 6 nitrogen and oxygen atoms in total. The molecule has 2 aliphatic heterocycles. The van der Waals surface area contributed by atoms with Gasteiger partial charge >= 0.3 is 0 Å². The summed E-state index contributed by atoms with van der Waals surface area (Å²) in [6, 6.07) is 7.62. The number of amides is 1. The monoisotopic (exact) mass is 441 g/mol. The van der Waals surface area contributed by atoms with Crippen LogP contribution in [0, 0.1) is 19.7 Å². The number of rotatable bonds is 2. The van der Waals surface area contributed by atoms with Crippen LogP contribution in [-0.4, -0.2) is 36.8 Å². The Bertz CT molecular complexity index is 1410. The third-order valence-electron chi connectivity index (χ3n) is 6.31. The molecule has 0 bridgehead atoms. The van der Waals surface area contributed by atoms with Crippen LogP contribution in [0.2, 0.25) is 0 Å². The smallest absolute Gasteiger partial charge is 0.291 e. The molecule has 5 rings (SSSR count). The minimum atomic E-state index is -3.28. The van der Waals surface area contributed by atoms with E-state index in [2.05, 4.69) is 0 Å². The molecule has 160 valence electrons. The van der Waals surface area contributed by atoms with Gasteiger partial charge in [-0.1, -0.05) is 12.1 Å². The predicted octanol–water partition coefficient (Wildman–Crippen LogP) is 3.28. The van der Waals surface area contributed by atoms with Crippen molar-refractivity contribution in [2.45, 2.75) is 32.4 Å². The van der Waals surface area contributed by atoms with Crippen molar-refractivity contribution in [1.29, 1.82) is 0 Å². The summed E-state index contributed by atoms with van der Waals surface area (Å²) in [7, 11) is -3.28. The van der Waals surface area contributed by atoms with Crippen LogP contribution in [-0.2, 0) is 9.84 Å². The van der Waals surface area contributed by atoms with Crippen molar-refractivity contribution in [3.8, 4) is 0 Å². The summed E-state index contributed by atoms with van der Waals surface area (Å²) in [5.74, 6) is -1.21. The first kappa shape index (κ1) is 19.9. The minimum Gasteiger partial charge on any atom is -0.450 e. The molecule has 2 atom stereocenters. The zero-order chi connectivity index (χ0) is 22.1. The normalized spacial score (nSPS) is 22.3. The Balaban J connectivity index is 1.77. The second-order valence-corrected chi connectivity index (χ2v) is 10.6. The quantitative estimate of drug-likeness (QED) is 0.609. The molecule has 0 spiro atoms. The van der Waals surface area contributed by atoms with Crippen LogP contribution in [0.4, 0.5) is 4.39 Å². The van der Waals surface area contributed by atoms with E-state index in [1.165, 1.54) is 29.2 Å². The number of carbonyl (C=O) groups is 1. The van der Waals surface area contributed by atoms with Gasteiger partial charge in [-0.05, 0) is 61.2 Å². The molecule has 1 amide bonds. The number of hydrogen-bond acceptors (Lipinski definition) is 5. The topological polar surface area (TPSA) is 84.7 Å². The summed E-state index contributed by atoms with van der Waals surface area (Å²) in [6.07, 6.45) is 0.283. The van der Waals surface area contributed by atoms with Gasteiger partial charge in [0.05, 0.1) is 28.5 Å². The standard InChI is InChI=1S/C23H20FNO5S/c1-12-9-17-18(10-13(12)2)30-22-19(21(17)26)20(14-3-5-15(24)6-4-14)25(23(22)27)16-7-8-31(28,29)11-16/h3-6,9-10,16,20H,7-8,11H2,1-2H3. The highest BCUT2D eigenvalue weighted by Crippen LogP contribution is 2.41. The lowest BCUT2D eigenvalue weighted by Gasteiger charge is -2.30. The van der Waals surface area contributed by atoms with Crippen molar-refractivity contribution in [2.75, 3.05) is 11.5 Å². The van der Waals surface area contributed by atoms with Gasteiger partial charge in [0.15, 0.2) is 15.3 Å². The first-order valence-corrected chi connectivity index (χ1v) is 11.8. The van der Waals surface area contributed by atoms with Crippen LogP contribution >= 0.6 is 0 Å². The zero-order valence-electron chi connectivity index (χ0n) is 17.0. The third kappa shape index (κ3) is 3.08. The van der Waals surface area contributed by atoms with E-state index in [1.54, 1.807) is 12.1 Å². The number of hydrogen-bond donors (Lipinski definition) is 0. The zero-order valence-corrected chi connectivity index (χ0v) is 17.8. The van der Waals surface area contributed by atoms with Gasteiger partial charge < -0.3 is 9.32 Å². The van der Waals surface area contributed by atoms with Gasteiger partial charge in [-0.3, -0.25) is 9.59 Å². The van der Waals surface area contributed by atoms with Crippen LogP contribution in [0.25, 0.3) is 11.0 Å². The van der Waals surface area contributed by atoms with Crippen LogP contribution < -0.4 is 5.43 Å². The first-order valence-electron chi connectivity index (χ1n) is 10.0. The molecule has 2 aliphatic rings. The molecule has 1 aromatic heterocycles. The summed E-state index contributed by atoms with van der Waals surface area (Å²) in [6.45, 7) is 3.78. The fourth-order valence-corrected chi connectivity index (χ4v) is 6.30. The van der Waals surface area contributed by atoms with Gasteiger partial charge in [-0.15, -0.1) is 0 Å². The number of halogens is 1.